The summed E-state index contributed by atoms with van der Waals surface area (Å²) < 4.78 is 0. The van der Waals surface area contributed by atoms with Gasteiger partial charge in [-0.1, -0.05) is 36.7 Å². The second-order valence-corrected chi connectivity index (χ2v) is 7.18. The largest absolute Gasteiger partial charge is 0.358 e. The number of amides is 1. The highest BCUT2D eigenvalue weighted by Crippen LogP contribution is 2.26. The van der Waals surface area contributed by atoms with Crippen LogP contribution in [0.4, 0.5) is 5.69 Å². The number of carbonyl (C=O) groups excluding carboxylic acids is 1. The Morgan fingerprint density at radius 3 is 2.82 bits per heavy atom. The predicted octanol–water partition coefficient (Wildman–Crippen LogP) is 4.70. The lowest BCUT2D eigenvalue weighted by Gasteiger charge is -2.21. The highest BCUT2D eigenvalue weighted by Gasteiger charge is 2.18. The summed E-state index contributed by atoms with van der Waals surface area (Å²) in [5.74, 6) is -0.417. The first-order valence-electron chi connectivity index (χ1n) is 9.52. The maximum absolute atomic E-state index is 12.6. The number of hydrogen-bond donors (Lipinski definition) is 2. The summed E-state index contributed by atoms with van der Waals surface area (Å²) in [5.41, 5.74) is 4.38. The van der Waals surface area contributed by atoms with E-state index >= 15 is 0 Å². The number of halogens is 1. The lowest BCUT2D eigenvalue weighted by atomic mass is 9.88. The summed E-state index contributed by atoms with van der Waals surface area (Å²) in [6.45, 7) is 2.02. The topological polar surface area (TPSA) is 77.8 Å². The molecule has 5 nitrogen and oxygen atoms in total. The van der Waals surface area contributed by atoms with E-state index in [1.165, 1.54) is 30.2 Å². The van der Waals surface area contributed by atoms with Crippen LogP contribution >= 0.6 is 11.6 Å². The SMILES string of the molecule is CCC(NC(=O)/C(C#N)=C\Nc1cccnc1Cl)c1ccc2c(c1)CCCC2. The molecule has 28 heavy (non-hydrogen) atoms. The van der Waals surface area contributed by atoms with E-state index in [0.717, 1.165) is 24.8 Å². The van der Waals surface area contributed by atoms with E-state index in [9.17, 15) is 10.1 Å². The number of hydrogen-bond acceptors (Lipinski definition) is 4. The van der Waals surface area contributed by atoms with Crippen LogP contribution in [-0.4, -0.2) is 10.9 Å². The number of anilines is 1. The van der Waals surface area contributed by atoms with Crippen molar-refractivity contribution in [2.45, 2.75) is 45.1 Å². The molecule has 0 spiro atoms. The van der Waals surface area contributed by atoms with Crippen LogP contribution < -0.4 is 10.6 Å². The van der Waals surface area contributed by atoms with Gasteiger partial charge < -0.3 is 10.6 Å². The van der Waals surface area contributed by atoms with Gasteiger partial charge in [-0.3, -0.25) is 4.79 Å². The Balaban J connectivity index is 1.72. The van der Waals surface area contributed by atoms with Crippen LogP contribution in [0.5, 0.6) is 0 Å². The van der Waals surface area contributed by atoms with E-state index in [4.69, 9.17) is 11.6 Å². The van der Waals surface area contributed by atoms with Gasteiger partial charge in [0.2, 0.25) is 0 Å². The number of fused-ring (bicyclic) bond motifs is 1. The van der Waals surface area contributed by atoms with E-state index < -0.39 is 5.91 Å². The minimum atomic E-state index is -0.417. The first kappa shape index (κ1) is 19.9. The van der Waals surface area contributed by atoms with E-state index in [1.54, 1.807) is 18.3 Å². The second-order valence-electron chi connectivity index (χ2n) is 6.83. The van der Waals surface area contributed by atoms with Crippen LogP contribution in [0.25, 0.3) is 0 Å². The fraction of sp³-hybridized carbons (Fsp3) is 0.318. The average molecular weight is 395 g/mol. The molecule has 3 rings (SSSR count). The molecule has 0 saturated heterocycles. The van der Waals surface area contributed by atoms with Gasteiger partial charge >= 0.3 is 0 Å². The van der Waals surface area contributed by atoms with E-state index in [1.807, 2.05) is 13.0 Å². The van der Waals surface area contributed by atoms with Crippen LogP contribution in [0.1, 0.15) is 48.9 Å². The third-order valence-corrected chi connectivity index (χ3v) is 5.29. The summed E-state index contributed by atoms with van der Waals surface area (Å²) >= 11 is 5.99. The van der Waals surface area contributed by atoms with Crippen molar-refractivity contribution in [3.63, 3.8) is 0 Å². The summed E-state index contributed by atoms with van der Waals surface area (Å²) in [4.78, 5) is 16.6. The molecular weight excluding hydrogens is 372 g/mol. The molecule has 1 aromatic carbocycles. The number of benzene rings is 1. The molecular formula is C22H23ClN4O. The van der Waals surface area contributed by atoms with E-state index in [2.05, 4.69) is 33.8 Å². The number of nitrogens with one attached hydrogen (secondary N) is 2. The molecule has 1 atom stereocenters. The fourth-order valence-corrected chi connectivity index (χ4v) is 3.59. The molecule has 0 bridgehead atoms. The molecule has 0 radical (unpaired) electrons. The van der Waals surface area contributed by atoms with Crippen molar-refractivity contribution in [1.82, 2.24) is 10.3 Å². The molecule has 0 saturated carbocycles. The maximum atomic E-state index is 12.6. The Bertz CT molecular complexity index is 932. The maximum Gasteiger partial charge on any atom is 0.263 e. The van der Waals surface area contributed by atoms with Crippen molar-refractivity contribution >= 4 is 23.2 Å². The number of nitrogens with zero attached hydrogens (tertiary/aromatic N) is 2. The first-order chi connectivity index (χ1) is 13.6. The molecule has 1 heterocycles. The van der Waals surface area contributed by atoms with Crippen LogP contribution in [0, 0.1) is 11.3 Å². The lowest BCUT2D eigenvalue weighted by molar-refractivity contribution is -0.117. The Morgan fingerprint density at radius 1 is 1.32 bits per heavy atom. The van der Waals surface area contributed by atoms with Crippen molar-refractivity contribution in [2.75, 3.05) is 5.32 Å². The first-order valence-corrected chi connectivity index (χ1v) is 9.90. The smallest absolute Gasteiger partial charge is 0.263 e. The number of aromatic nitrogens is 1. The Labute approximate surface area is 170 Å². The summed E-state index contributed by atoms with van der Waals surface area (Å²) in [6, 6.07) is 11.7. The van der Waals surface area contributed by atoms with Gasteiger partial charge in [0.25, 0.3) is 5.91 Å². The van der Waals surface area contributed by atoms with Gasteiger partial charge in [-0.15, -0.1) is 0 Å². The number of carbonyl (C=O) groups is 1. The summed E-state index contributed by atoms with van der Waals surface area (Å²) in [5, 5.41) is 15.5. The standard InChI is InChI=1S/C22H23ClN4O/c1-2-19(17-10-9-15-6-3-4-7-16(15)12-17)27-22(28)18(13-24)14-26-20-8-5-11-25-21(20)23/h5,8-12,14,19,26H,2-4,6-7H2,1H3,(H,27,28)/b18-14-. The minimum absolute atomic E-state index is 0.0173. The van der Waals surface area contributed by atoms with E-state index in [0.29, 0.717) is 5.69 Å². The zero-order chi connectivity index (χ0) is 19.9. The molecule has 144 valence electrons. The van der Waals surface area contributed by atoms with Crippen molar-refractivity contribution in [3.8, 4) is 6.07 Å². The number of pyridine rings is 1. The van der Waals surface area contributed by atoms with Crippen LogP contribution in [0.15, 0.2) is 48.3 Å². The molecule has 2 aromatic rings. The Morgan fingerprint density at radius 2 is 2.11 bits per heavy atom. The number of aryl methyl sites for hydroxylation is 2. The zero-order valence-corrected chi connectivity index (χ0v) is 16.6. The third-order valence-electron chi connectivity index (χ3n) is 4.98. The quantitative estimate of drug-likeness (QED) is 0.423. The minimum Gasteiger partial charge on any atom is -0.358 e. The van der Waals surface area contributed by atoms with Gasteiger partial charge in [-0.2, -0.15) is 5.26 Å². The zero-order valence-electron chi connectivity index (χ0n) is 15.8. The summed E-state index contributed by atoms with van der Waals surface area (Å²) in [7, 11) is 0. The number of nitriles is 1. The molecule has 1 aliphatic carbocycles. The Kier molecular flexibility index (Phi) is 6.67. The Hall–Kier alpha value is -2.84. The predicted molar refractivity (Wildman–Crippen MR) is 111 cm³/mol. The van der Waals surface area contributed by atoms with E-state index in [-0.39, 0.29) is 16.8 Å². The van der Waals surface area contributed by atoms with Gasteiger partial charge in [-0.25, -0.2) is 4.98 Å². The molecule has 1 aromatic heterocycles. The van der Waals surface area contributed by atoms with Crippen molar-refractivity contribution < 1.29 is 4.79 Å². The van der Waals surface area contributed by atoms with Crippen LogP contribution in [-0.2, 0) is 17.6 Å². The molecule has 0 aliphatic heterocycles. The average Bonchev–Trinajstić information content (AvgIpc) is 2.73. The molecule has 1 aliphatic rings. The summed E-state index contributed by atoms with van der Waals surface area (Å²) in [6.07, 6.45) is 8.34. The van der Waals surface area contributed by atoms with Gasteiger partial charge in [0.15, 0.2) is 5.15 Å². The number of rotatable bonds is 6. The highest BCUT2D eigenvalue weighted by molar-refractivity contribution is 6.32. The van der Waals surface area contributed by atoms with Gasteiger partial charge in [-0.05, 0) is 60.9 Å². The van der Waals surface area contributed by atoms with Crippen molar-refractivity contribution in [2.24, 2.45) is 0 Å². The normalized spacial score (nSPS) is 14.5. The molecule has 2 N–H and O–H groups in total. The lowest BCUT2D eigenvalue weighted by Crippen LogP contribution is -2.29. The van der Waals surface area contributed by atoms with Gasteiger partial charge in [0.1, 0.15) is 11.6 Å². The fourth-order valence-electron chi connectivity index (χ4n) is 3.42. The van der Waals surface area contributed by atoms with Gasteiger partial charge in [0, 0.05) is 12.4 Å². The van der Waals surface area contributed by atoms with Gasteiger partial charge in [0.05, 0.1) is 11.7 Å². The monoisotopic (exact) mass is 394 g/mol. The van der Waals surface area contributed by atoms with Crippen LogP contribution in [0.3, 0.4) is 0 Å². The van der Waals surface area contributed by atoms with Crippen molar-refractivity contribution in [1.29, 1.82) is 5.26 Å². The molecule has 1 unspecified atom stereocenters. The molecule has 6 heteroatoms. The third kappa shape index (κ3) is 4.71. The molecule has 0 fully saturated rings. The second kappa shape index (κ2) is 9.38. The van der Waals surface area contributed by atoms with Crippen LogP contribution in [0.2, 0.25) is 5.15 Å². The van der Waals surface area contributed by atoms with Crippen molar-refractivity contribution in [3.05, 3.63) is 70.1 Å². The molecule has 1 amide bonds. The highest BCUT2D eigenvalue weighted by atomic mass is 35.5.